The van der Waals surface area contributed by atoms with Crippen molar-refractivity contribution in [2.45, 2.75) is 89.3 Å². The van der Waals surface area contributed by atoms with E-state index in [2.05, 4.69) is 10.8 Å². The number of hydrogen-bond acceptors (Lipinski definition) is 2. The van der Waals surface area contributed by atoms with Crippen molar-refractivity contribution in [3.05, 3.63) is 54.1 Å². The van der Waals surface area contributed by atoms with Crippen molar-refractivity contribution in [1.82, 2.24) is 0 Å². The van der Waals surface area contributed by atoms with Crippen LogP contribution < -0.4 is 4.74 Å². The number of hydrogen-bond donors (Lipinski definition) is 0. The smallest absolute Gasteiger partial charge is 0.406 e. The monoisotopic (exact) mass is 459 g/mol. The van der Waals surface area contributed by atoms with Crippen LogP contribution in [0.4, 0.5) is 13.2 Å². The van der Waals surface area contributed by atoms with Crippen LogP contribution in [0.5, 0.6) is 5.75 Å². The number of benzene rings is 1. The quantitative estimate of drug-likeness (QED) is 0.210. The molecule has 3 rings (SSSR count). The summed E-state index contributed by atoms with van der Waals surface area (Å²) >= 11 is 0. The minimum absolute atomic E-state index is 0.141. The van der Waals surface area contributed by atoms with Crippen molar-refractivity contribution >= 4 is 0 Å². The lowest BCUT2D eigenvalue weighted by molar-refractivity contribution is -0.274. The molecule has 180 valence electrons. The first-order chi connectivity index (χ1) is 15.9. The van der Waals surface area contributed by atoms with Gasteiger partial charge in [0.15, 0.2) is 0 Å². The van der Waals surface area contributed by atoms with Crippen molar-refractivity contribution in [2.24, 2.45) is 17.8 Å². The van der Waals surface area contributed by atoms with Gasteiger partial charge in [-0.2, -0.15) is 5.26 Å². The van der Waals surface area contributed by atoms with Crippen molar-refractivity contribution in [3.8, 4) is 11.8 Å². The Morgan fingerprint density at radius 1 is 0.848 bits per heavy atom. The van der Waals surface area contributed by atoms with Crippen molar-refractivity contribution in [2.75, 3.05) is 0 Å². The van der Waals surface area contributed by atoms with Gasteiger partial charge in [-0.25, -0.2) is 0 Å². The third-order valence-electron chi connectivity index (χ3n) is 7.46. The molecule has 0 saturated heterocycles. The van der Waals surface area contributed by atoms with E-state index in [1.54, 1.807) is 12.1 Å². The zero-order valence-electron chi connectivity index (χ0n) is 19.4. The number of nitriles is 1. The maximum atomic E-state index is 12.3. The van der Waals surface area contributed by atoms with Crippen molar-refractivity contribution in [1.29, 1.82) is 5.26 Å². The minimum Gasteiger partial charge on any atom is -0.406 e. The maximum absolute atomic E-state index is 12.3. The van der Waals surface area contributed by atoms with Crippen LogP contribution in [0.15, 0.2) is 48.6 Å². The van der Waals surface area contributed by atoms with Gasteiger partial charge < -0.3 is 4.74 Å². The van der Waals surface area contributed by atoms with Crippen LogP contribution in [-0.2, 0) is 0 Å². The highest BCUT2D eigenvalue weighted by molar-refractivity contribution is 5.29. The van der Waals surface area contributed by atoms with Crippen molar-refractivity contribution < 1.29 is 17.9 Å². The molecule has 2 aliphatic rings. The molecule has 1 aromatic rings. The van der Waals surface area contributed by atoms with Gasteiger partial charge in [0.2, 0.25) is 0 Å². The molecule has 0 spiro atoms. The van der Waals surface area contributed by atoms with E-state index >= 15 is 0 Å². The van der Waals surface area contributed by atoms with Crippen LogP contribution in [-0.4, -0.2) is 6.36 Å². The van der Waals surface area contributed by atoms with Crippen molar-refractivity contribution in [3.63, 3.8) is 0 Å². The first-order valence-corrected chi connectivity index (χ1v) is 12.5. The maximum Gasteiger partial charge on any atom is 0.573 e. The highest BCUT2D eigenvalue weighted by atomic mass is 19.4. The molecule has 2 nitrogen and oxygen atoms in total. The summed E-state index contributed by atoms with van der Waals surface area (Å²) in [7, 11) is 0. The Hall–Kier alpha value is -2.22. The van der Waals surface area contributed by atoms with Gasteiger partial charge in [0.05, 0.1) is 6.07 Å². The van der Waals surface area contributed by atoms with Crippen LogP contribution in [0.3, 0.4) is 0 Å². The Balaban J connectivity index is 1.27. The van der Waals surface area contributed by atoms with Crippen LogP contribution in [0.25, 0.3) is 0 Å². The van der Waals surface area contributed by atoms with Gasteiger partial charge in [-0.3, -0.25) is 0 Å². The molecule has 2 saturated carbocycles. The fraction of sp³-hybridized carbons (Fsp3) is 0.607. The summed E-state index contributed by atoms with van der Waals surface area (Å²) < 4.78 is 40.9. The molecule has 33 heavy (non-hydrogen) atoms. The van der Waals surface area contributed by atoms with Gasteiger partial charge in [-0.1, -0.05) is 56.0 Å². The minimum atomic E-state index is -4.63. The SMILES string of the molecule is N#C/C=C/C=C/[C@H]1CC[C@H](CCCC[C@H]2CC[C@H](c3ccc(OC(F)(F)F)cc3)CC2)CC1. The van der Waals surface area contributed by atoms with Crippen LogP contribution in [0, 0.1) is 29.1 Å². The van der Waals surface area contributed by atoms with E-state index in [0.29, 0.717) is 11.8 Å². The summed E-state index contributed by atoms with van der Waals surface area (Å²) in [6.07, 6.45) is 18.2. The lowest BCUT2D eigenvalue weighted by atomic mass is 9.76. The van der Waals surface area contributed by atoms with E-state index in [-0.39, 0.29) is 5.75 Å². The summed E-state index contributed by atoms with van der Waals surface area (Å²) in [5.74, 6) is 2.67. The molecule has 2 aliphatic carbocycles. The van der Waals surface area contributed by atoms with E-state index in [0.717, 1.165) is 30.2 Å². The van der Waals surface area contributed by atoms with Crippen LogP contribution in [0.2, 0.25) is 0 Å². The van der Waals surface area contributed by atoms with E-state index < -0.39 is 6.36 Å². The fourth-order valence-electron chi connectivity index (χ4n) is 5.58. The predicted molar refractivity (Wildman–Crippen MR) is 126 cm³/mol. The highest BCUT2D eigenvalue weighted by Gasteiger charge is 2.31. The first kappa shape index (κ1) is 25.4. The van der Waals surface area contributed by atoms with Crippen LogP contribution >= 0.6 is 0 Å². The Labute approximate surface area is 196 Å². The largest absolute Gasteiger partial charge is 0.573 e. The second-order valence-electron chi connectivity index (χ2n) is 9.77. The number of rotatable bonds is 9. The molecule has 0 aromatic heterocycles. The van der Waals surface area contributed by atoms with Gasteiger partial charge in [-0.15, -0.1) is 13.2 Å². The Morgan fingerprint density at radius 2 is 1.42 bits per heavy atom. The molecule has 0 unspecified atom stereocenters. The second-order valence-corrected chi connectivity index (χ2v) is 9.77. The predicted octanol–water partition coefficient (Wildman–Crippen LogP) is 8.86. The van der Waals surface area contributed by atoms with E-state index in [4.69, 9.17) is 5.26 Å². The summed E-state index contributed by atoms with van der Waals surface area (Å²) in [4.78, 5) is 0. The Morgan fingerprint density at radius 3 is 1.97 bits per heavy atom. The molecule has 0 N–H and O–H groups in total. The number of nitrogens with zero attached hydrogens (tertiary/aromatic N) is 1. The number of halogens is 3. The molecule has 2 fully saturated rings. The van der Waals surface area contributed by atoms with Gasteiger partial charge in [-0.05, 0) is 92.7 Å². The van der Waals surface area contributed by atoms with Gasteiger partial charge in [0.25, 0.3) is 0 Å². The Bertz CT molecular complexity index is 790. The van der Waals surface area contributed by atoms with E-state index in [1.165, 1.54) is 82.4 Å². The van der Waals surface area contributed by atoms with Crippen LogP contribution in [0.1, 0.15) is 88.5 Å². The number of ether oxygens (including phenoxy) is 1. The Kier molecular flexibility index (Phi) is 9.91. The molecule has 0 atom stereocenters. The fourth-order valence-corrected chi connectivity index (χ4v) is 5.58. The summed E-state index contributed by atoms with van der Waals surface area (Å²) in [6, 6.07) is 8.47. The summed E-state index contributed by atoms with van der Waals surface area (Å²) in [6.45, 7) is 0. The molecule has 0 aliphatic heterocycles. The number of allylic oxidation sites excluding steroid dienone is 4. The molecule has 5 heteroatoms. The number of alkyl halides is 3. The standard InChI is InChI=1S/C28H36F3NO/c29-28(30,31)33-27-19-17-26(18-20-27)25-15-13-24(14-16-25)8-4-3-7-23-11-9-22(10-12-23)6-2-1-5-21-32/h1-2,5-6,17-20,22-25H,3-4,7-16H2/b5-1+,6-2+/t22-,23-,24-,25-. The van der Waals surface area contributed by atoms with E-state index in [9.17, 15) is 13.2 Å². The molecular weight excluding hydrogens is 423 g/mol. The summed E-state index contributed by atoms with van der Waals surface area (Å²) in [5.41, 5.74) is 1.13. The molecule has 0 radical (unpaired) electrons. The third kappa shape index (κ3) is 9.27. The summed E-state index contributed by atoms with van der Waals surface area (Å²) in [5, 5.41) is 8.52. The van der Waals surface area contributed by atoms with E-state index in [1.807, 2.05) is 18.2 Å². The molecular formula is C28H36F3NO. The molecule has 0 amide bonds. The second kappa shape index (κ2) is 12.9. The third-order valence-corrected chi connectivity index (χ3v) is 7.46. The zero-order chi connectivity index (χ0) is 23.5. The highest BCUT2D eigenvalue weighted by Crippen LogP contribution is 2.39. The topological polar surface area (TPSA) is 33.0 Å². The average Bonchev–Trinajstić information content (AvgIpc) is 2.80. The van der Waals surface area contributed by atoms with Gasteiger partial charge in [0.1, 0.15) is 5.75 Å². The zero-order valence-corrected chi connectivity index (χ0v) is 19.4. The van der Waals surface area contributed by atoms with Gasteiger partial charge >= 0.3 is 6.36 Å². The van der Waals surface area contributed by atoms with Gasteiger partial charge in [0, 0.05) is 6.08 Å². The first-order valence-electron chi connectivity index (χ1n) is 12.5. The lowest BCUT2D eigenvalue weighted by Gasteiger charge is -2.29. The lowest BCUT2D eigenvalue weighted by Crippen LogP contribution is -2.17. The molecule has 0 bridgehead atoms. The average molecular weight is 460 g/mol. The molecule has 0 heterocycles. The number of unbranched alkanes of at least 4 members (excludes halogenated alkanes) is 1. The normalized spacial score (nSPS) is 26.5. The molecule has 1 aromatic carbocycles.